The molecule has 0 radical (unpaired) electrons. The number of imide groups is 1. The van der Waals surface area contributed by atoms with E-state index in [9.17, 15) is 22.8 Å². The summed E-state index contributed by atoms with van der Waals surface area (Å²) in [4.78, 5) is 24.3. The van der Waals surface area contributed by atoms with E-state index in [0.29, 0.717) is 10.9 Å². The lowest BCUT2D eigenvalue weighted by Gasteiger charge is -2.21. The maximum atomic E-state index is 13.6. The summed E-state index contributed by atoms with van der Waals surface area (Å²) in [5.74, 6) is -2.86. The van der Waals surface area contributed by atoms with Crippen molar-refractivity contribution in [1.29, 1.82) is 0 Å². The number of amides is 2. The fraction of sp³-hybridized carbons (Fsp3) is 0.375. The Morgan fingerprint density at radius 1 is 1.33 bits per heavy atom. The molecule has 3 rings (SSSR count). The third kappa shape index (κ3) is 2.83. The van der Waals surface area contributed by atoms with Crippen LogP contribution in [0.4, 0.5) is 18.0 Å². The number of carbonyl (C=O) groups excluding carboxylic acids is 2. The third-order valence-electron chi connectivity index (χ3n) is 4.14. The number of halogens is 3. The topological polar surface area (TPSA) is 51.5 Å². The molecule has 0 N–H and O–H groups in total. The molecule has 8 heteroatoms. The van der Waals surface area contributed by atoms with Gasteiger partial charge in [-0.1, -0.05) is 18.2 Å². The number of ether oxygens (including phenoxy) is 1. The van der Waals surface area contributed by atoms with E-state index < -0.39 is 30.5 Å². The van der Waals surface area contributed by atoms with E-state index in [1.807, 2.05) is 0 Å². The van der Waals surface area contributed by atoms with Crippen molar-refractivity contribution in [3.8, 4) is 0 Å². The van der Waals surface area contributed by atoms with E-state index in [-0.39, 0.29) is 18.7 Å². The number of cyclic esters (lactones) is 1. The van der Waals surface area contributed by atoms with E-state index in [0.717, 1.165) is 4.90 Å². The average molecular weight is 340 g/mol. The van der Waals surface area contributed by atoms with Gasteiger partial charge in [0.15, 0.2) is 0 Å². The van der Waals surface area contributed by atoms with E-state index in [1.54, 1.807) is 35.9 Å². The Labute approximate surface area is 135 Å². The number of rotatable bonds is 3. The molecule has 1 aliphatic rings. The van der Waals surface area contributed by atoms with Crippen LogP contribution in [-0.2, 0) is 16.6 Å². The first-order chi connectivity index (χ1) is 11.3. The molecule has 2 amide bonds. The SMILES string of the molecule is Cn1cc(C(CC(=O)N2CCOC2=O)C(F)(F)F)c2ccccc21. The van der Waals surface area contributed by atoms with Gasteiger partial charge in [0.1, 0.15) is 6.61 Å². The smallest absolute Gasteiger partial charge is 0.416 e. The first-order valence-electron chi connectivity index (χ1n) is 7.37. The minimum atomic E-state index is -4.61. The van der Waals surface area contributed by atoms with Gasteiger partial charge in [0, 0.05) is 30.6 Å². The Morgan fingerprint density at radius 3 is 2.67 bits per heavy atom. The van der Waals surface area contributed by atoms with Gasteiger partial charge >= 0.3 is 12.3 Å². The van der Waals surface area contributed by atoms with E-state index in [4.69, 9.17) is 0 Å². The lowest BCUT2D eigenvalue weighted by Crippen LogP contribution is -2.35. The predicted octanol–water partition coefficient (Wildman–Crippen LogP) is 3.19. The molecule has 1 fully saturated rings. The van der Waals surface area contributed by atoms with Crippen LogP contribution in [0.5, 0.6) is 0 Å². The van der Waals surface area contributed by atoms with Crippen LogP contribution < -0.4 is 0 Å². The number of aryl methyl sites for hydroxylation is 1. The van der Waals surface area contributed by atoms with Gasteiger partial charge in [0.05, 0.1) is 12.5 Å². The molecule has 128 valence electrons. The maximum absolute atomic E-state index is 13.6. The number of fused-ring (bicyclic) bond motifs is 1. The van der Waals surface area contributed by atoms with Crippen molar-refractivity contribution in [1.82, 2.24) is 9.47 Å². The third-order valence-corrected chi connectivity index (χ3v) is 4.14. The molecule has 1 atom stereocenters. The zero-order chi connectivity index (χ0) is 17.5. The van der Waals surface area contributed by atoms with Crippen LogP contribution in [-0.4, -0.2) is 40.8 Å². The highest BCUT2D eigenvalue weighted by molar-refractivity contribution is 5.94. The van der Waals surface area contributed by atoms with Crippen molar-refractivity contribution in [2.45, 2.75) is 18.5 Å². The van der Waals surface area contributed by atoms with E-state index in [2.05, 4.69) is 4.74 Å². The van der Waals surface area contributed by atoms with Crippen molar-refractivity contribution in [2.24, 2.45) is 7.05 Å². The predicted molar refractivity (Wildman–Crippen MR) is 79.4 cm³/mol. The van der Waals surface area contributed by atoms with Gasteiger partial charge < -0.3 is 9.30 Å². The second kappa shape index (κ2) is 5.85. The van der Waals surface area contributed by atoms with Gasteiger partial charge in [-0.25, -0.2) is 9.69 Å². The summed E-state index contributed by atoms with van der Waals surface area (Å²) in [6, 6.07) is 6.70. The molecular formula is C16H15F3N2O3. The first-order valence-corrected chi connectivity index (χ1v) is 7.37. The van der Waals surface area contributed by atoms with Crippen molar-refractivity contribution < 1.29 is 27.5 Å². The maximum Gasteiger partial charge on any atom is 0.416 e. The molecule has 2 heterocycles. The quantitative estimate of drug-likeness (QED) is 0.862. The molecule has 24 heavy (non-hydrogen) atoms. The van der Waals surface area contributed by atoms with Crippen LogP contribution >= 0.6 is 0 Å². The van der Waals surface area contributed by atoms with Crippen LogP contribution in [0, 0.1) is 0 Å². The van der Waals surface area contributed by atoms with Crippen LogP contribution in [0.15, 0.2) is 30.5 Å². The van der Waals surface area contributed by atoms with Crippen LogP contribution in [0.3, 0.4) is 0 Å². The summed E-state index contributed by atoms with van der Waals surface area (Å²) < 4.78 is 47.0. The number of para-hydroxylation sites is 1. The summed E-state index contributed by atoms with van der Waals surface area (Å²) in [6.45, 7) is -0.00664. The number of aromatic nitrogens is 1. The largest absolute Gasteiger partial charge is 0.447 e. The minimum Gasteiger partial charge on any atom is -0.447 e. The molecule has 0 spiro atoms. The fourth-order valence-electron chi connectivity index (χ4n) is 2.96. The average Bonchev–Trinajstić information content (AvgIpc) is 3.08. The van der Waals surface area contributed by atoms with Crippen molar-refractivity contribution in [2.75, 3.05) is 13.2 Å². The van der Waals surface area contributed by atoms with Crippen LogP contribution in [0.2, 0.25) is 0 Å². The Balaban J connectivity index is 1.98. The lowest BCUT2D eigenvalue weighted by molar-refractivity contribution is -0.159. The Bertz CT molecular complexity index is 797. The zero-order valence-electron chi connectivity index (χ0n) is 12.8. The monoisotopic (exact) mass is 340 g/mol. The first kappa shape index (κ1) is 16.4. The van der Waals surface area contributed by atoms with Crippen LogP contribution in [0.1, 0.15) is 17.9 Å². The Hall–Kier alpha value is -2.51. The summed E-state index contributed by atoms with van der Waals surface area (Å²) in [5.41, 5.74) is 0.677. The number of benzene rings is 1. The highest BCUT2D eigenvalue weighted by Gasteiger charge is 2.45. The molecule has 1 aromatic carbocycles. The highest BCUT2D eigenvalue weighted by atomic mass is 19.4. The Kier molecular flexibility index (Phi) is 3.98. The van der Waals surface area contributed by atoms with Crippen molar-refractivity contribution in [3.05, 3.63) is 36.0 Å². The molecule has 2 aromatic rings. The second-order valence-corrected chi connectivity index (χ2v) is 5.67. The standard InChI is InChI=1S/C16H15F3N2O3/c1-20-9-11(10-4-2-3-5-13(10)20)12(16(17,18)19)8-14(22)21-6-7-24-15(21)23/h2-5,9,12H,6-8H2,1H3. The van der Waals surface area contributed by atoms with Crippen molar-refractivity contribution in [3.63, 3.8) is 0 Å². The van der Waals surface area contributed by atoms with Gasteiger partial charge in [-0.15, -0.1) is 0 Å². The molecule has 0 saturated carbocycles. The number of nitrogens with zero attached hydrogens (tertiary/aromatic N) is 2. The summed E-state index contributed by atoms with van der Waals surface area (Å²) >= 11 is 0. The van der Waals surface area contributed by atoms with Gasteiger partial charge in [-0.3, -0.25) is 4.79 Å². The molecule has 1 aromatic heterocycles. The number of hydrogen-bond donors (Lipinski definition) is 0. The van der Waals surface area contributed by atoms with E-state index in [1.165, 1.54) is 6.20 Å². The van der Waals surface area contributed by atoms with E-state index >= 15 is 0 Å². The van der Waals surface area contributed by atoms with Gasteiger partial charge in [0.25, 0.3) is 0 Å². The molecule has 1 unspecified atom stereocenters. The minimum absolute atomic E-state index is 0.00945. The number of alkyl halides is 3. The number of hydrogen-bond acceptors (Lipinski definition) is 3. The molecule has 1 saturated heterocycles. The number of carbonyl (C=O) groups is 2. The van der Waals surface area contributed by atoms with Gasteiger partial charge in [0.2, 0.25) is 5.91 Å². The Morgan fingerprint density at radius 2 is 2.04 bits per heavy atom. The molecule has 1 aliphatic heterocycles. The second-order valence-electron chi connectivity index (χ2n) is 5.67. The summed E-state index contributed by atoms with van der Waals surface area (Å²) in [6.07, 6.45) is -4.94. The summed E-state index contributed by atoms with van der Waals surface area (Å²) in [5, 5.41) is 0.444. The molecular weight excluding hydrogens is 325 g/mol. The fourth-order valence-corrected chi connectivity index (χ4v) is 2.96. The van der Waals surface area contributed by atoms with Gasteiger partial charge in [-0.05, 0) is 11.6 Å². The molecule has 5 nitrogen and oxygen atoms in total. The highest BCUT2D eigenvalue weighted by Crippen LogP contribution is 2.41. The normalized spacial score (nSPS) is 16.5. The lowest BCUT2D eigenvalue weighted by atomic mass is 9.94. The van der Waals surface area contributed by atoms with Crippen LogP contribution in [0.25, 0.3) is 10.9 Å². The summed E-state index contributed by atoms with van der Waals surface area (Å²) in [7, 11) is 1.65. The zero-order valence-corrected chi connectivity index (χ0v) is 12.8. The van der Waals surface area contributed by atoms with Crippen molar-refractivity contribution >= 4 is 22.9 Å². The molecule has 0 bridgehead atoms. The molecule has 0 aliphatic carbocycles. The van der Waals surface area contributed by atoms with Gasteiger partial charge in [-0.2, -0.15) is 13.2 Å².